The minimum atomic E-state index is -0.619. The molecule has 2 aromatic heterocycles. The molecule has 0 radical (unpaired) electrons. The van der Waals surface area contributed by atoms with Crippen molar-refractivity contribution in [2.75, 3.05) is 6.54 Å². The summed E-state index contributed by atoms with van der Waals surface area (Å²) in [6.45, 7) is 1.07. The standard InChI is InChI=1S/C11H14N6O3/c1-15-10(9(8-14-15)17(19)20)11(18)12-4-2-6-16-7-3-5-13-16/h3,5,7-8H,2,4,6H2,1H3,(H,12,18). The van der Waals surface area contributed by atoms with Crippen molar-refractivity contribution in [1.82, 2.24) is 24.9 Å². The summed E-state index contributed by atoms with van der Waals surface area (Å²) >= 11 is 0. The Morgan fingerprint density at radius 3 is 2.95 bits per heavy atom. The molecule has 0 fully saturated rings. The fourth-order valence-corrected chi connectivity index (χ4v) is 1.78. The number of carbonyl (C=O) groups excluding carboxylic acids is 1. The lowest BCUT2D eigenvalue weighted by molar-refractivity contribution is -0.385. The predicted molar refractivity (Wildman–Crippen MR) is 69.0 cm³/mol. The molecule has 0 spiro atoms. The Kier molecular flexibility index (Phi) is 4.08. The highest BCUT2D eigenvalue weighted by Gasteiger charge is 2.24. The average Bonchev–Trinajstić information content (AvgIpc) is 3.03. The van der Waals surface area contributed by atoms with Gasteiger partial charge < -0.3 is 5.32 Å². The summed E-state index contributed by atoms with van der Waals surface area (Å²) in [5.41, 5.74) is -0.342. The van der Waals surface area contributed by atoms with Crippen molar-refractivity contribution in [3.05, 3.63) is 40.5 Å². The second kappa shape index (κ2) is 5.95. The van der Waals surface area contributed by atoms with Crippen LogP contribution in [-0.4, -0.2) is 36.9 Å². The van der Waals surface area contributed by atoms with E-state index >= 15 is 0 Å². The van der Waals surface area contributed by atoms with E-state index in [4.69, 9.17) is 0 Å². The molecule has 9 nitrogen and oxygen atoms in total. The van der Waals surface area contributed by atoms with E-state index in [0.29, 0.717) is 19.5 Å². The molecule has 1 N–H and O–H groups in total. The largest absolute Gasteiger partial charge is 0.350 e. The smallest absolute Gasteiger partial charge is 0.320 e. The molecular formula is C11H14N6O3. The van der Waals surface area contributed by atoms with Gasteiger partial charge in [-0.2, -0.15) is 10.2 Å². The quantitative estimate of drug-likeness (QED) is 0.466. The first-order valence-electron chi connectivity index (χ1n) is 6.01. The first-order valence-corrected chi connectivity index (χ1v) is 6.01. The minimum absolute atomic E-state index is 0.0471. The van der Waals surface area contributed by atoms with Crippen LogP contribution in [0.5, 0.6) is 0 Å². The third kappa shape index (κ3) is 2.99. The fraction of sp³-hybridized carbons (Fsp3) is 0.364. The molecule has 2 aromatic rings. The molecule has 0 saturated carbocycles. The van der Waals surface area contributed by atoms with Crippen molar-refractivity contribution in [1.29, 1.82) is 0 Å². The molecule has 0 aromatic carbocycles. The van der Waals surface area contributed by atoms with Crippen molar-refractivity contribution in [3.8, 4) is 0 Å². The summed E-state index contributed by atoms with van der Waals surface area (Å²) in [5.74, 6) is -0.503. The zero-order valence-corrected chi connectivity index (χ0v) is 10.9. The Bertz CT molecular complexity index is 604. The van der Waals surface area contributed by atoms with Gasteiger partial charge in [0, 0.05) is 32.5 Å². The van der Waals surface area contributed by atoms with Gasteiger partial charge in [-0.15, -0.1) is 0 Å². The molecule has 0 unspecified atom stereocenters. The number of nitro groups is 1. The van der Waals surface area contributed by atoms with E-state index in [1.165, 1.54) is 11.7 Å². The van der Waals surface area contributed by atoms with Crippen LogP contribution in [0.15, 0.2) is 24.7 Å². The Balaban J connectivity index is 1.89. The van der Waals surface area contributed by atoms with Gasteiger partial charge in [0.05, 0.1) is 4.92 Å². The van der Waals surface area contributed by atoms with Gasteiger partial charge in [0.1, 0.15) is 6.20 Å². The summed E-state index contributed by atoms with van der Waals surface area (Å²) in [7, 11) is 1.49. The van der Waals surface area contributed by atoms with Gasteiger partial charge in [-0.25, -0.2) is 0 Å². The molecule has 106 valence electrons. The highest BCUT2D eigenvalue weighted by atomic mass is 16.6. The number of carbonyl (C=O) groups is 1. The van der Waals surface area contributed by atoms with E-state index < -0.39 is 10.8 Å². The van der Waals surface area contributed by atoms with Crippen molar-refractivity contribution in [2.24, 2.45) is 7.05 Å². The van der Waals surface area contributed by atoms with E-state index in [0.717, 1.165) is 6.20 Å². The number of aryl methyl sites for hydroxylation is 2. The van der Waals surface area contributed by atoms with Gasteiger partial charge in [-0.05, 0) is 12.5 Å². The number of nitrogens with zero attached hydrogens (tertiary/aromatic N) is 5. The first kappa shape index (κ1) is 13.7. The zero-order valence-electron chi connectivity index (χ0n) is 10.9. The number of hydrogen-bond acceptors (Lipinski definition) is 5. The summed E-state index contributed by atoms with van der Waals surface area (Å²) in [4.78, 5) is 22.1. The van der Waals surface area contributed by atoms with Crippen LogP contribution in [0.3, 0.4) is 0 Å². The second-order valence-electron chi connectivity index (χ2n) is 4.14. The van der Waals surface area contributed by atoms with Crippen LogP contribution in [-0.2, 0) is 13.6 Å². The van der Waals surface area contributed by atoms with Gasteiger partial charge in [-0.3, -0.25) is 24.3 Å². The molecule has 0 aliphatic carbocycles. The van der Waals surface area contributed by atoms with Gasteiger partial charge in [-0.1, -0.05) is 0 Å². The maximum Gasteiger partial charge on any atom is 0.320 e. The lowest BCUT2D eigenvalue weighted by Crippen LogP contribution is -2.28. The molecule has 20 heavy (non-hydrogen) atoms. The summed E-state index contributed by atoms with van der Waals surface area (Å²) < 4.78 is 2.94. The number of nitrogens with one attached hydrogen (secondary N) is 1. The van der Waals surface area contributed by atoms with Crippen LogP contribution in [0, 0.1) is 10.1 Å². The van der Waals surface area contributed by atoms with Crippen LogP contribution in [0.4, 0.5) is 5.69 Å². The summed E-state index contributed by atoms with van der Waals surface area (Å²) in [6, 6.07) is 1.82. The van der Waals surface area contributed by atoms with Crippen molar-refractivity contribution in [2.45, 2.75) is 13.0 Å². The Labute approximate surface area is 114 Å². The topological polar surface area (TPSA) is 108 Å². The average molecular weight is 278 g/mol. The lowest BCUT2D eigenvalue weighted by atomic mass is 10.3. The van der Waals surface area contributed by atoms with Crippen LogP contribution in [0.2, 0.25) is 0 Å². The Hall–Kier alpha value is -2.71. The SMILES string of the molecule is Cn1ncc([N+](=O)[O-])c1C(=O)NCCCn1cccn1. The molecule has 1 amide bonds. The van der Waals surface area contributed by atoms with Gasteiger partial charge in [0.2, 0.25) is 5.69 Å². The maximum atomic E-state index is 11.9. The molecule has 0 aliphatic rings. The van der Waals surface area contributed by atoms with Crippen molar-refractivity contribution in [3.63, 3.8) is 0 Å². The first-order chi connectivity index (χ1) is 9.59. The molecule has 0 aliphatic heterocycles. The second-order valence-corrected chi connectivity index (χ2v) is 4.14. The molecule has 0 saturated heterocycles. The predicted octanol–water partition coefficient (Wildman–Crippen LogP) is 0.345. The number of rotatable bonds is 6. The number of amides is 1. The molecule has 9 heteroatoms. The van der Waals surface area contributed by atoms with Crippen LogP contribution < -0.4 is 5.32 Å². The molecule has 2 heterocycles. The Morgan fingerprint density at radius 2 is 2.30 bits per heavy atom. The summed E-state index contributed by atoms with van der Waals surface area (Å²) in [5, 5.41) is 21.2. The van der Waals surface area contributed by atoms with Crippen LogP contribution >= 0.6 is 0 Å². The van der Waals surface area contributed by atoms with E-state index in [9.17, 15) is 14.9 Å². The highest BCUT2D eigenvalue weighted by molar-refractivity contribution is 5.96. The van der Waals surface area contributed by atoms with Gasteiger partial charge in [0.15, 0.2) is 0 Å². The fourth-order valence-electron chi connectivity index (χ4n) is 1.78. The zero-order chi connectivity index (χ0) is 14.5. The highest BCUT2D eigenvalue weighted by Crippen LogP contribution is 2.16. The summed E-state index contributed by atoms with van der Waals surface area (Å²) in [6.07, 6.45) is 5.25. The molecule has 0 atom stereocenters. The maximum absolute atomic E-state index is 11.9. The van der Waals surface area contributed by atoms with E-state index in [1.807, 2.05) is 12.3 Å². The van der Waals surface area contributed by atoms with Gasteiger partial charge in [0.25, 0.3) is 5.91 Å². The number of aromatic nitrogens is 4. The lowest BCUT2D eigenvalue weighted by Gasteiger charge is -2.05. The monoisotopic (exact) mass is 278 g/mol. The molecule has 2 rings (SSSR count). The molecule has 0 bridgehead atoms. The van der Waals surface area contributed by atoms with E-state index in [-0.39, 0.29) is 11.4 Å². The van der Waals surface area contributed by atoms with Crippen LogP contribution in [0.25, 0.3) is 0 Å². The third-order valence-corrected chi connectivity index (χ3v) is 2.74. The number of hydrogen-bond donors (Lipinski definition) is 1. The molecular weight excluding hydrogens is 264 g/mol. The Morgan fingerprint density at radius 1 is 1.50 bits per heavy atom. The van der Waals surface area contributed by atoms with Crippen LogP contribution in [0.1, 0.15) is 16.9 Å². The van der Waals surface area contributed by atoms with Gasteiger partial charge >= 0.3 is 5.69 Å². The normalized spacial score (nSPS) is 10.4. The minimum Gasteiger partial charge on any atom is -0.350 e. The third-order valence-electron chi connectivity index (χ3n) is 2.74. The van der Waals surface area contributed by atoms with Crippen molar-refractivity contribution >= 4 is 11.6 Å². The van der Waals surface area contributed by atoms with E-state index in [1.54, 1.807) is 10.9 Å². The van der Waals surface area contributed by atoms with Crippen molar-refractivity contribution < 1.29 is 9.72 Å². The van der Waals surface area contributed by atoms with E-state index in [2.05, 4.69) is 15.5 Å².